The summed E-state index contributed by atoms with van der Waals surface area (Å²) in [6, 6.07) is 16.3. The van der Waals surface area contributed by atoms with Crippen molar-refractivity contribution in [2.75, 3.05) is 7.11 Å². The average Bonchev–Trinajstić information content (AvgIpc) is 3.43. The van der Waals surface area contributed by atoms with Gasteiger partial charge in [-0.1, -0.05) is 30.0 Å². The monoisotopic (exact) mass is 421 g/mol. The molecule has 2 aromatic carbocycles. The third-order valence-corrected chi connectivity index (χ3v) is 6.29. The predicted octanol–water partition coefficient (Wildman–Crippen LogP) is 5.75. The maximum atomic E-state index is 6.08. The quantitative estimate of drug-likeness (QED) is 0.325. The Morgan fingerprint density at radius 3 is 2.63 bits per heavy atom. The molecular weight excluding hydrogens is 394 g/mol. The van der Waals surface area contributed by atoms with Gasteiger partial charge in [0.2, 0.25) is 0 Å². The van der Waals surface area contributed by atoms with Gasteiger partial charge in [-0.3, -0.25) is 4.57 Å². The van der Waals surface area contributed by atoms with Crippen LogP contribution in [0.15, 0.2) is 66.3 Å². The molecule has 0 radical (unpaired) electrons. The standard InChI is InChI=1S/C24H27N3O2S/c1-3-15-27-23(19-11-13-21(14-12-19)29-20-8-4-5-9-20)25-26-24(27)30-17-18-7-6-10-22(16-18)28-2/h3,6-7,10-14,16,20H,1,4-5,8-9,15,17H2,2H3. The summed E-state index contributed by atoms with van der Waals surface area (Å²) in [5.74, 6) is 3.42. The van der Waals surface area contributed by atoms with Crippen LogP contribution < -0.4 is 9.47 Å². The van der Waals surface area contributed by atoms with E-state index in [4.69, 9.17) is 9.47 Å². The molecule has 5 nitrogen and oxygen atoms in total. The molecule has 1 fully saturated rings. The molecule has 0 N–H and O–H groups in total. The minimum absolute atomic E-state index is 0.361. The van der Waals surface area contributed by atoms with Crippen LogP contribution in [0.3, 0.4) is 0 Å². The zero-order valence-corrected chi connectivity index (χ0v) is 18.1. The molecule has 1 saturated carbocycles. The average molecular weight is 422 g/mol. The summed E-state index contributed by atoms with van der Waals surface area (Å²) in [5, 5.41) is 9.78. The first-order valence-corrected chi connectivity index (χ1v) is 11.3. The molecule has 1 heterocycles. The summed E-state index contributed by atoms with van der Waals surface area (Å²) in [6.07, 6.45) is 7.08. The zero-order chi connectivity index (χ0) is 20.8. The Morgan fingerprint density at radius 2 is 1.90 bits per heavy atom. The first-order chi connectivity index (χ1) is 14.8. The molecule has 1 aliphatic carbocycles. The fourth-order valence-electron chi connectivity index (χ4n) is 3.69. The molecule has 156 valence electrons. The molecule has 0 spiro atoms. The van der Waals surface area contributed by atoms with Gasteiger partial charge in [-0.25, -0.2) is 0 Å². The lowest BCUT2D eigenvalue weighted by molar-refractivity contribution is 0.210. The molecule has 0 bridgehead atoms. The van der Waals surface area contributed by atoms with E-state index < -0.39 is 0 Å². The van der Waals surface area contributed by atoms with Crippen LogP contribution >= 0.6 is 11.8 Å². The summed E-state index contributed by atoms with van der Waals surface area (Å²) >= 11 is 1.66. The number of allylic oxidation sites excluding steroid dienone is 1. The van der Waals surface area contributed by atoms with Crippen molar-refractivity contribution in [2.24, 2.45) is 0 Å². The molecule has 0 saturated heterocycles. The highest BCUT2D eigenvalue weighted by molar-refractivity contribution is 7.98. The molecule has 30 heavy (non-hydrogen) atoms. The van der Waals surface area contributed by atoms with Crippen LogP contribution in [0.4, 0.5) is 0 Å². The van der Waals surface area contributed by atoms with Crippen LogP contribution in [0.1, 0.15) is 31.2 Å². The zero-order valence-electron chi connectivity index (χ0n) is 17.3. The SMILES string of the molecule is C=CCn1c(SCc2cccc(OC)c2)nnc1-c1ccc(OC2CCCC2)cc1. The number of thioether (sulfide) groups is 1. The maximum Gasteiger partial charge on any atom is 0.192 e. The van der Waals surface area contributed by atoms with Crippen LogP contribution in [0.25, 0.3) is 11.4 Å². The summed E-state index contributed by atoms with van der Waals surface area (Å²) in [7, 11) is 1.68. The summed E-state index contributed by atoms with van der Waals surface area (Å²) in [5.41, 5.74) is 2.21. The van der Waals surface area contributed by atoms with E-state index in [2.05, 4.69) is 39.5 Å². The van der Waals surface area contributed by atoms with E-state index in [1.54, 1.807) is 18.9 Å². The smallest absolute Gasteiger partial charge is 0.192 e. The van der Waals surface area contributed by atoms with Crippen molar-refractivity contribution in [1.29, 1.82) is 0 Å². The maximum absolute atomic E-state index is 6.08. The summed E-state index contributed by atoms with van der Waals surface area (Å²) in [4.78, 5) is 0. The van der Waals surface area contributed by atoms with E-state index in [0.29, 0.717) is 12.6 Å². The van der Waals surface area contributed by atoms with E-state index in [1.807, 2.05) is 36.4 Å². The number of aromatic nitrogens is 3. The predicted molar refractivity (Wildman–Crippen MR) is 121 cm³/mol. The van der Waals surface area contributed by atoms with Gasteiger partial charge in [-0.05, 0) is 67.6 Å². The molecule has 1 aromatic heterocycles. The van der Waals surface area contributed by atoms with Gasteiger partial charge in [-0.2, -0.15) is 0 Å². The molecule has 0 amide bonds. The molecule has 4 rings (SSSR count). The van der Waals surface area contributed by atoms with Crippen LogP contribution in [-0.4, -0.2) is 28.0 Å². The highest BCUT2D eigenvalue weighted by atomic mass is 32.2. The third-order valence-electron chi connectivity index (χ3n) is 5.25. The Labute approximate surface area is 182 Å². The summed E-state index contributed by atoms with van der Waals surface area (Å²) in [6.45, 7) is 4.56. The number of hydrogen-bond acceptors (Lipinski definition) is 5. The van der Waals surface area contributed by atoms with E-state index in [0.717, 1.165) is 46.6 Å². The molecule has 0 aliphatic heterocycles. The van der Waals surface area contributed by atoms with Crippen molar-refractivity contribution in [3.8, 4) is 22.9 Å². The Kier molecular flexibility index (Phi) is 6.74. The Bertz CT molecular complexity index is 978. The molecule has 3 aromatic rings. The van der Waals surface area contributed by atoms with E-state index in [9.17, 15) is 0 Å². The van der Waals surface area contributed by atoms with Crippen LogP contribution in [0.2, 0.25) is 0 Å². The highest BCUT2D eigenvalue weighted by Gasteiger charge is 2.17. The molecule has 6 heteroatoms. The number of ether oxygens (including phenoxy) is 2. The van der Waals surface area contributed by atoms with Crippen LogP contribution in [-0.2, 0) is 12.3 Å². The molecule has 1 aliphatic rings. The normalized spacial score (nSPS) is 14.0. The van der Waals surface area contributed by atoms with Crippen molar-refractivity contribution in [3.63, 3.8) is 0 Å². The molecule has 0 atom stereocenters. The second-order valence-electron chi connectivity index (χ2n) is 7.39. The van der Waals surface area contributed by atoms with Gasteiger partial charge in [0.15, 0.2) is 11.0 Å². The van der Waals surface area contributed by atoms with Gasteiger partial charge in [0.05, 0.1) is 13.2 Å². The van der Waals surface area contributed by atoms with Gasteiger partial charge in [-0.15, -0.1) is 16.8 Å². The van der Waals surface area contributed by atoms with Gasteiger partial charge in [0, 0.05) is 17.9 Å². The van der Waals surface area contributed by atoms with Crippen molar-refractivity contribution >= 4 is 11.8 Å². The van der Waals surface area contributed by atoms with Gasteiger partial charge in [0.1, 0.15) is 11.5 Å². The minimum Gasteiger partial charge on any atom is -0.497 e. The molecular formula is C24H27N3O2S. The third kappa shape index (κ3) is 4.87. The number of benzene rings is 2. The first kappa shape index (κ1) is 20.5. The second kappa shape index (κ2) is 9.85. The van der Waals surface area contributed by atoms with E-state index in [-0.39, 0.29) is 0 Å². The Balaban J connectivity index is 1.49. The lowest BCUT2D eigenvalue weighted by Gasteiger charge is -2.13. The van der Waals surface area contributed by atoms with Crippen molar-refractivity contribution < 1.29 is 9.47 Å². The lowest BCUT2D eigenvalue weighted by Crippen LogP contribution is -2.10. The largest absolute Gasteiger partial charge is 0.497 e. The lowest BCUT2D eigenvalue weighted by atomic mass is 10.2. The second-order valence-corrected chi connectivity index (χ2v) is 8.34. The van der Waals surface area contributed by atoms with Crippen molar-refractivity contribution in [1.82, 2.24) is 14.8 Å². The minimum atomic E-state index is 0.361. The first-order valence-electron chi connectivity index (χ1n) is 10.3. The van der Waals surface area contributed by atoms with Gasteiger partial charge < -0.3 is 9.47 Å². The van der Waals surface area contributed by atoms with Gasteiger partial charge >= 0.3 is 0 Å². The fourth-order valence-corrected chi connectivity index (χ4v) is 4.58. The number of rotatable bonds is 9. The van der Waals surface area contributed by atoms with E-state index in [1.165, 1.54) is 18.4 Å². The Morgan fingerprint density at radius 1 is 1.10 bits per heavy atom. The number of methoxy groups -OCH3 is 1. The summed E-state index contributed by atoms with van der Waals surface area (Å²) < 4.78 is 13.5. The fraction of sp³-hybridized carbons (Fsp3) is 0.333. The van der Waals surface area contributed by atoms with Gasteiger partial charge in [0.25, 0.3) is 0 Å². The Hall–Kier alpha value is -2.73. The van der Waals surface area contributed by atoms with Crippen LogP contribution in [0.5, 0.6) is 11.5 Å². The van der Waals surface area contributed by atoms with E-state index >= 15 is 0 Å². The van der Waals surface area contributed by atoms with Crippen LogP contribution in [0, 0.1) is 0 Å². The molecule has 0 unspecified atom stereocenters. The van der Waals surface area contributed by atoms with Crippen molar-refractivity contribution in [3.05, 3.63) is 66.7 Å². The topological polar surface area (TPSA) is 49.2 Å². The van der Waals surface area contributed by atoms with Crippen molar-refractivity contribution in [2.45, 2.75) is 49.2 Å². The number of nitrogens with zero attached hydrogens (tertiary/aromatic N) is 3. The number of hydrogen-bond donors (Lipinski definition) is 0. The highest BCUT2D eigenvalue weighted by Crippen LogP contribution is 2.29.